The molecule has 13 heavy (non-hydrogen) atoms. The molecule has 1 aromatic heterocycles. The third-order valence-corrected chi connectivity index (χ3v) is 3.67. The maximum absolute atomic E-state index is 5.87. The van der Waals surface area contributed by atoms with Crippen molar-refractivity contribution in [3.8, 4) is 0 Å². The van der Waals surface area contributed by atoms with E-state index in [0.29, 0.717) is 14.5 Å². The Balaban J connectivity index is 2.20. The van der Waals surface area contributed by atoms with Crippen LogP contribution in [0.3, 0.4) is 0 Å². The Morgan fingerprint density at radius 3 is 2.46 bits per heavy atom. The summed E-state index contributed by atoms with van der Waals surface area (Å²) in [6.07, 6.45) is 0.977. The van der Waals surface area contributed by atoms with E-state index in [0.717, 1.165) is 11.0 Å². The van der Waals surface area contributed by atoms with Gasteiger partial charge in [0.15, 0.2) is 0 Å². The molecule has 0 aliphatic rings. The zero-order valence-corrected chi connectivity index (χ0v) is 8.95. The first-order valence-corrected chi connectivity index (χ1v) is 6.06. The van der Waals surface area contributed by atoms with Crippen molar-refractivity contribution in [3.63, 3.8) is 0 Å². The number of rotatable bonds is 2. The topological polar surface area (TPSA) is 26.0 Å². The third kappa shape index (κ3) is 2.03. The fraction of sp³-hybridized carbons (Fsp3) is 0.0909. The van der Waals surface area contributed by atoms with Crippen molar-refractivity contribution in [2.45, 2.75) is 6.42 Å². The molecule has 0 amide bonds. The van der Waals surface area contributed by atoms with Crippen LogP contribution in [0, 0.1) is 0 Å². The predicted molar refractivity (Wildman–Crippen MR) is 57.0 cm³/mol. The normalized spacial score (nSPS) is 10.2. The molecule has 2 heteroatoms. The average Bonchev–Trinajstić information content (AvgIpc) is 2.54. The van der Waals surface area contributed by atoms with Gasteiger partial charge in [-0.3, -0.25) is 0 Å². The zero-order valence-electron chi connectivity index (χ0n) is 7.23. The fourth-order valence-corrected chi connectivity index (χ4v) is 2.72. The predicted octanol–water partition coefficient (Wildman–Crippen LogP) is 1.92. The molecular weight excluding hydrogens is 225 g/mol. The Bertz CT molecular complexity index is 378. The van der Waals surface area contributed by atoms with Crippen molar-refractivity contribution < 1.29 is 0 Å². The summed E-state index contributed by atoms with van der Waals surface area (Å²) in [4.78, 5) is 2.18. The van der Waals surface area contributed by atoms with E-state index in [4.69, 9.17) is 5.73 Å². The van der Waals surface area contributed by atoms with Gasteiger partial charge in [-0.2, -0.15) is 0 Å². The SMILES string of the molecule is Nc1[se]ccc1Cc1ccccc1. The third-order valence-electron chi connectivity index (χ3n) is 2.02. The second-order valence-electron chi connectivity index (χ2n) is 2.97. The number of nitrogens with two attached hydrogens (primary N) is 1. The van der Waals surface area contributed by atoms with Crippen LogP contribution >= 0.6 is 0 Å². The summed E-state index contributed by atoms with van der Waals surface area (Å²) in [6, 6.07) is 12.6. The summed E-state index contributed by atoms with van der Waals surface area (Å²) >= 11 is 0.407. The van der Waals surface area contributed by atoms with Crippen LogP contribution in [0.15, 0.2) is 41.3 Å². The summed E-state index contributed by atoms with van der Waals surface area (Å²) < 4.78 is 1.08. The molecule has 1 aromatic carbocycles. The first-order chi connectivity index (χ1) is 6.36. The van der Waals surface area contributed by atoms with Gasteiger partial charge in [0.25, 0.3) is 0 Å². The monoisotopic (exact) mass is 237 g/mol. The Hall–Kier alpha value is -0.981. The van der Waals surface area contributed by atoms with Crippen LogP contribution in [0.1, 0.15) is 11.1 Å². The van der Waals surface area contributed by atoms with Crippen LogP contribution in [0.25, 0.3) is 0 Å². The molecule has 1 heterocycles. The van der Waals surface area contributed by atoms with Crippen molar-refractivity contribution in [2.75, 3.05) is 5.73 Å². The molecule has 0 radical (unpaired) electrons. The van der Waals surface area contributed by atoms with Gasteiger partial charge in [-0.25, -0.2) is 0 Å². The molecule has 0 atom stereocenters. The van der Waals surface area contributed by atoms with E-state index in [1.165, 1.54) is 11.1 Å². The summed E-state index contributed by atoms with van der Waals surface area (Å²) in [6.45, 7) is 0. The van der Waals surface area contributed by atoms with E-state index in [1.54, 1.807) is 0 Å². The first kappa shape index (κ1) is 8.61. The van der Waals surface area contributed by atoms with Crippen LogP contribution in [-0.4, -0.2) is 14.5 Å². The molecule has 0 unspecified atom stereocenters. The minimum absolute atomic E-state index is 0.407. The molecule has 0 saturated carbocycles. The fourth-order valence-electron chi connectivity index (χ4n) is 1.31. The van der Waals surface area contributed by atoms with Crippen LogP contribution in [0.4, 0.5) is 4.56 Å². The van der Waals surface area contributed by atoms with Crippen molar-refractivity contribution in [2.24, 2.45) is 0 Å². The zero-order chi connectivity index (χ0) is 9.10. The van der Waals surface area contributed by atoms with Crippen LogP contribution in [0.5, 0.6) is 0 Å². The molecule has 2 rings (SSSR count). The van der Waals surface area contributed by atoms with E-state index in [9.17, 15) is 0 Å². The van der Waals surface area contributed by atoms with E-state index in [-0.39, 0.29) is 0 Å². The molecule has 0 aliphatic heterocycles. The van der Waals surface area contributed by atoms with Crippen LogP contribution in [0.2, 0.25) is 0 Å². The molecule has 0 bridgehead atoms. The summed E-state index contributed by atoms with van der Waals surface area (Å²) in [5.41, 5.74) is 8.51. The molecular formula is C11H11NSe. The minimum atomic E-state index is 0.407. The van der Waals surface area contributed by atoms with Crippen LogP contribution in [-0.2, 0) is 6.42 Å². The molecule has 0 fully saturated rings. The van der Waals surface area contributed by atoms with Crippen LogP contribution < -0.4 is 5.73 Å². The van der Waals surface area contributed by atoms with Crippen molar-refractivity contribution in [1.82, 2.24) is 0 Å². The van der Waals surface area contributed by atoms with Gasteiger partial charge < -0.3 is 0 Å². The molecule has 66 valence electrons. The second-order valence-corrected chi connectivity index (χ2v) is 4.96. The van der Waals surface area contributed by atoms with E-state index >= 15 is 0 Å². The van der Waals surface area contributed by atoms with Gasteiger partial charge >= 0.3 is 83.7 Å². The Labute approximate surface area is 84.0 Å². The molecule has 0 spiro atoms. The second kappa shape index (κ2) is 3.82. The number of benzene rings is 1. The maximum atomic E-state index is 5.87. The summed E-state index contributed by atoms with van der Waals surface area (Å²) in [5, 5.41) is 0. The van der Waals surface area contributed by atoms with E-state index < -0.39 is 0 Å². The molecule has 2 N–H and O–H groups in total. The van der Waals surface area contributed by atoms with Crippen molar-refractivity contribution in [3.05, 3.63) is 52.5 Å². The molecule has 1 nitrogen and oxygen atoms in total. The quantitative estimate of drug-likeness (QED) is 0.792. The van der Waals surface area contributed by atoms with Gasteiger partial charge in [0.05, 0.1) is 0 Å². The van der Waals surface area contributed by atoms with Crippen molar-refractivity contribution >= 4 is 19.1 Å². The van der Waals surface area contributed by atoms with Gasteiger partial charge in [-0.15, -0.1) is 0 Å². The number of anilines is 1. The molecule has 2 aromatic rings. The number of hydrogen-bond acceptors (Lipinski definition) is 1. The Morgan fingerprint density at radius 1 is 1.08 bits per heavy atom. The Kier molecular flexibility index (Phi) is 2.53. The summed E-state index contributed by atoms with van der Waals surface area (Å²) in [7, 11) is 0. The average molecular weight is 236 g/mol. The van der Waals surface area contributed by atoms with Gasteiger partial charge in [0.2, 0.25) is 0 Å². The van der Waals surface area contributed by atoms with Gasteiger partial charge in [-0.1, -0.05) is 0 Å². The van der Waals surface area contributed by atoms with Crippen molar-refractivity contribution in [1.29, 1.82) is 0 Å². The van der Waals surface area contributed by atoms with Gasteiger partial charge in [-0.05, 0) is 0 Å². The standard InChI is InChI=1S/C11H11NSe/c12-11-10(6-7-13-11)8-9-4-2-1-3-5-9/h1-7H,8,12H2. The first-order valence-electron chi connectivity index (χ1n) is 4.22. The number of nitrogen functional groups attached to an aromatic ring is 1. The molecule has 0 aliphatic carbocycles. The summed E-state index contributed by atoms with van der Waals surface area (Å²) in [5.74, 6) is 0. The van der Waals surface area contributed by atoms with Gasteiger partial charge in [0, 0.05) is 0 Å². The van der Waals surface area contributed by atoms with E-state index in [2.05, 4.69) is 35.3 Å². The van der Waals surface area contributed by atoms with E-state index in [1.807, 2.05) is 6.07 Å². The Morgan fingerprint density at radius 2 is 1.85 bits per heavy atom. The van der Waals surface area contributed by atoms with Gasteiger partial charge in [0.1, 0.15) is 0 Å². The molecule has 0 saturated heterocycles. The number of hydrogen-bond donors (Lipinski definition) is 1.